The summed E-state index contributed by atoms with van der Waals surface area (Å²) in [5.41, 5.74) is 0.735. The fourth-order valence-electron chi connectivity index (χ4n) is 4.15. The fraction of sp³-hybridized carbons (Fsp3) is 0.632. The van der Waals surface area contributed by atoms with Gasteiger partial charge in [-0.1, -0.05) is 19.4 Å². The highest BCUT2D eigenvalue weighted by Gasteiger charge is 2.32. The molecule has 0 aromatic heterocycles. The number of nitrogens with one attached hydrogen (secondary N) is 1. The number of piperazine rings is 1. The number of benzene rings is 1. The van der Waals surface area contributed by atoms with Crippen LogP contribution < -0.4 is 9.64 Å². The Bertz CT molecular complexity index is 538. The van der Waals surface area contributed by atoms with E-state index in [2.05, 4.69) is 6.92 Å². The molecule has 2 fully saturated rings. The van der Waals surface area contributed by atoms with Crippen molar-refractivity contribution in [3.05, 3.63) is 29.8 Å². The van der Waals surface area contributed by atoms with Gasteiger partial charge in [-0.25, -0.2) is 0 Å². The molecule has 1 aromatic rings. The van der Waals surface area contributed by atoms with Crippen LogP contribution in [-0.2, 0) is 0 Å². The number of nitrogens with zero attached hydrogens (tertiary/aromatic N) is 1. The number of ether oxygens (including phenoxy) is 1. The number of hydrogen-bond acceptors (Lipinski definition) is 2. The van der Waals surface area contributed by atoms with E-state index in [1.54, 1.807) is 12.0 Å². The van der Waals surface area contributed by atoms with Gasteiger partial charge < -0.3 is 14.5 Å². The van der Waals surface area contributed by atoms with Crippen molar-refractivity contribution in [3.63, 3.8) is 0 Å². The summed E-state index contributed by atoms with van der Waals surface area (Å²) >= 11 is 0. The van der Waals surface area contributed by atoms with Crippen LogP contribution in [0, 0.1) is 5.92 Å². The number of carbonyl (C=O) groups excluding carboxylic acids is 1. The van der Waals surface area contributed by atoms with Gasteiger partial charge >= 0.3 is 0 Å². The van der Waals surface area contributed by atoms with E-state index in [-0.39, 0.29) is 5.91 Å². The minimum absolute atomic E-state index is 0.139. The zero-order chi connectivity index (χ0) is 16.2. The zero-order valence-electron chi connectivity index (χ0n) is 14.4. The number of quaternary nitrogens is 1. The molecule has 4 nitrogen and oxygen atoms in total. The van der Waals surface area contributed by atoms with Crippen molar-refractivity contribution in [1.82, 2.24) is 4.90 Å². The monoisotopic (exact) mass is 317 g/mol. The Labute approximate surface area is 139 Å². The number of methoxy groups -OCH3 is 1. The molecular weight excluding hydrogens is 288 g/mol. The van der Waals surface area contributed by atoms with Crippen molar-refractivity contribution in [1.29, 1.82) is 0 Å². The van der Waals surface area contributed by atoms with Gasteiger partial charge in [-0.3, -0.25) is 4.79 Å². The highest BCUT2D eigenvalue weighted by atomic mass is 16.5. The maximum absolute atomic E-state index is 12.7. The van der Waals surface area contributed by atoms with Crippen molar-refractivity contribution in [3.8, 4) is 5.75 Å². The molecule has 0 bridgehead atoms. The highest BCUT2D eigenvalue weighted by molar-refractivity contribution is 5.94. The fourth-order valence-corrected chi connectivity index (χ4v) is 4.15. The predicted molar refractivity (Wildman–Crippen MR) is 91.0 cm³/mol. The van der Waals surface area contributed by atoms with Crippen LogP contribution in [0.3, 0.4) is 0 Å². The summed E-state index contributed by atoms with van der Waals surface area (Å²) in [4.78, 5) is 16.4. The molecule has 0 spiro atoms. The molecule has 1 N–H and O–H groups in total. The first-order valence-electron chi connectivity index (χ1n) is 8.95. The quantitative estimate of drug-likeness (QED) is 0.919. The maximum atomic E-state index is 12.7. The minimum atomic E-state index is 0.139. The van der Waals surface area contributed by atoms with Crippen molar-refractivity contribution >= 4 is 5.91 Å². The smallest absolute Gasteiger partial charge is 0.254 e. The first-order chi connectivity index (χ1) is 11.2. The van der Waals surface area contributed by atoms with E-state index in [9.17, 15) is 4.79 Å². The molecule has 0 unspecified atom stereocenters. The first-order valence-corrected chi connectivity index (χ1v) is 8.95. The van der Waals surface area contributed by atoms with E-state index >= 15 is 0 Å². The average Bonchev–Trinajstić information content (AvgIpc) is 2.61. The van der Waals surface area contributed by atoms with Crippen LogP contribution in [0.4, 0.5) is 0 Å². The number of hydrogen-bond donors (Lipinski definition) is 1. The molecule has 23 heavy (non-hydrogen) atoms. The molecule has 126 valence electrons. The van der Waals surface area contributed by atoms with Crippen LogP contribution in [0.2, 0.25) is 0 Å². The standard InChI is InChI=1S/C19H28N2O2/c1-15-5-3-7-17(13-15)20-9-11-21(12-10-20)19(22)16-6-4-8-18(14-16)23-2/h4,6,8,14-15,17H,3,5,7,9-13H2,1-2H3/p+1/t15-,17-/m1/s1. The third-order valence-electron chi connectivity index (χ3n) is 5.52. The van der Waals surface area contributed by atoms with Crippen LogP contribution in [0.25, 0.3) is 0 Å². The van der Waals surface area contributed by atoms with E-state index < -0.39 is 0 Å². The molecule has 2 aliphatic rings. The molecule has 4 heteroatoms. The Kier molecular flexibility index (Phi) is 5.21. The van der Waals surface area contributed by atoms with Crippen LogP contribution in [0.15, 0.2) is 24.3 Å². The third-order valence-corrected chi connectivity index (χ3v) is 5.52. The van der Waals surface area contributed by atoms with Gasteiger partial charge in [-0.15, -0.1) is 0 Å². The Morgan fingerprint density at radius 3 is 2.74 bits per heavy atom. The van der Waals surface area contributed by atoms with Crippen LogP contribution in [-0.4, -0.2) is 50.1 Å². The summed E-state index contributed by atoms with van der Waals surface area (Å²) in [6.07, 6.45) is 5.49. The Balaban J connectivity index is 1.56. The first kappa shape index (κ1) is 16.3. The van der Waals surface area contributed by atoms with Gasteiger partial charge in [0.05, 0.1) is 39.3 Å². The van der Waals surface area contributed by atoms with Gasteiger partial charge in [0.2, 0.25) is 0 Å². The topological polar surface area (TPSA) is 34.0 Å². The van der Waals surface area contributed by atoms with E-state index in [1.807, 2.05) is 29.2 Å². The molecule has 2 atom stereocenters. The van der Waals surface area contributed by atoms with Crippen molar-refractivity contribution in [2.24, 2.45) is 5.92 Å². The molecular formula is C19H29N2O2+. The van der Waals surface area contributed by atoms with E-state index in [0.717, 1.165) is 49.5 Å². The summed E-state index contributed by atoms with van der Waals surface area (Å²) in [5, 5.41) is 0. The maximum Gasteiger partial charge on any atom is 0.254 e. The number of rotatable bonds is 3. The molecule has 1 aliphatic heterocycles. The largest absolute Gasteiger partial charge is 0.497 e. The lowest BCUT2D eigenvalue weighted by Crippen LogP contribution is -3.18. The van der Waals surface area contributed by atoms with E-state index in [4.69, 9.17) is 4.74 Å². The van der Waals surface area contributed by atoms with Gasteiger partial charge in [-0.2, -0.15) is 0 Å². The Hall–Kier alpha value is -1.55. The lowest BCUT2D eigenvalue weighted by atomic mass is 9.86. The predicted octanol–water partition coefficient (Wildman–Crippen LogP) is 1.61. The van der Waals surface area contributed by atoms with Gasteiger partial charge in [-0.05, 0) is 37.0 Å². The van der Waals surface area contributed by atoms with Crippen molar-refractivity contribution < 1.29 is 14.4 Å². The van der Waals surface area contributed by atoms with E-state index in [1.165, 1.54) is 25.7 Å². The lowest BCUT2D eigenvalue weighted by molar-refractivity contribution is -0.930. The van der Waals surface area contributed by atoms with Crippen molar-refractivity contribution in [2.75, 3.05) is 33.3 Å². The third kappa shape index (κ3) is 3.86. The molecule has 3 rings (SSSR count). The normalized spacial score (nSPS) is 26.1. The second-order valence-electron chi connectivity index (χ2n) is 7.15. The highest BCUT2D eigenvalue weighted by Crippen LogP contribution is 2.22. The number of carbonyl (C=O) groups is 1. The van der Waals surface area contributed by atoms with Crippen molar-refractivity contribution in [2.45, 2.75) is 38.6 Å². The second kappa shape index (κ2) is 7.35. The Morgan fingerprint density at radius 1 is 1.26 bits per heavy atom. The summed E-state index contributed by atoms with van der Waals surface area (Å²) in [6, 6.07) is 8.30. The SMILES string of the molecule is COc1cccc(C(=O)N2CC[NH+]([C@@H]3CCC[C@@H](C)C3)CC2)c1. The molecule has 0 radical (unpaired) electrons. The lowest BCUT2D eigenvalue weighted by Gasteiger charge is -2.39. The molecule has 1 saturated carbocycles. The summed E-state index contributed by atoms with van der Waals surface area (Å²) in [7, 11) is 1.64. The van der Waals surface area contributed by atoms with Gasteiger partial charge in [0.15, 0.2) is 0 Å². The molecule has 1 amide bonds. The zero-order valence-corrected chi connectivity index (χ0v) is 14.4. The summed E-state index contributed by atoms with van der Waals surface area (Å²) < 4.78 is 5.22. The Morgan fingerprint density at radius 2 is 2.04 bits per heavy atom. The molecule has 1 heterocycles. The van der Waals surface area contributed by atoms with Gasteiger partial charge in [0.25, 0.3) is 5.91 Å². The van der Waals surface area contributed by atoms with Gasteiger partial charge in [0, 0.05) is 12.0 Å². The molecule has 1 aliphatic carbocycles. The average molecular weight is 317 g/mol. The summed E-state index contributed by atoms with van der Waals surface area (Å²) in [5.74, 6) is 1.76. The summed E-state index contributed by atoms with van der Waals surface area (Å²) in [6.45, 7) is 6.31. The number of amides is 1. The second-order valence-corrected chi connectivity index (χ2v) is 7.15. The van der Waals surface area contributed by atoms with Crippen LogP contribution in [0.5, 0.6) is 5.75 Å². The van der Waals surface area contributed by atoms with Gasteiger partial charge in [0.1, 0.15) is 5.75 Å². The molecule has 1 aromatic carbocycles. The van der Waals surface area contributed by atoms with Crippen LogP contribution >= 0.6 is 0 Å². The van der Waals surface area contributed by atoms with Crippen LogP contribution in [0.1, 0.15) is 43.0 Å². The van der Waals surface area contributed by atoms with E-state index in [0.29, 0.717) is 0 Å². The molecule has 1 saturated heterocycles. The minimum Gasteiger partial charge on any atom is -0.497 e.